The number of rotatable bonds is 30. The molecule has 12 nitrogen and oxygen atoms in total. The summed E-state index contributed by atoms with van der Waals surface area (Å²) in [5, 5.41) is -3.20. The summed E-state index contributed by atoms with van der Waals surface area (Å²) >= 11 is 25.5. The fourth-order valence-corrected chi connectivity index (χ4v) is 15.1. The summed E-state index contributed by atoms with van der Waals surface area (Å²) in [4.78, 5) is 119. The average Bonchev–Trinajstić information content (AvgIpc) is 3.39. The van der Waals surface area contributed by atoms with Gasteiger partial charge in [0.25, 0.3) is 0 Å². The molecule has 0 fully saturated rings. The first-order chi connectivity index (χ1) is 34.1. The highest BCUT2D eigenvalue weighted by atomic mass is 32.2. The van der Waals surface area contributed by atoms with Gasteiger partial charge in [-0.1, -0.05) is 106 Å². The molecule has 0 bridgehead atoms. The van der Waals surface area contributed by atoms with Crippen LogP contribution in [0, 0.1) is 0 Å². The normalized spacial score (nSPS) is 11.4. The van der Waals surface area contributed by atoms with Gasteiger partial charge in [0, 0.05) is 129 Å². The highest BCUT2D eigenvalue weighted by Crippen LogP contribution is 2.29. The summed E-state index contributed by atoms with van der Waals surface area (Å²) in [6.45, 7) is 0. The summed E-state index contributed by atoms with van der Waals surface area (Å²) in [5.41, 5.74) is 1.56. The van der Waals surface area contributed by atoms with Gasteiger partial charge in [0.15, 0.2) is 0 Å². The van der Waals surface area contributed by atoms with Gasteiger partial charge in [-0.25, -0.2) is 0 Å². The van der Waals surface area contributed by atoms with Crippen LogP contribution in [0.5, 0.6) is 0 Å². The second-order valence-electron chi connectivity index (χ2n) is 13.9. The highest BCUT2D eigenvalue weighted by molar-refractivity contribution is 8.18. The van der Waals surface area contributed by atoms with Gasteiger partial charge < -0.3 is 13.3 Å². The van der Waals surface area contributed by atoms with Crippen molar-refractivity contribution in [3.8, 4) is 0 Å². The molecule has 3 aromatic rings. The van der Waals surface area contributed by atoms with Crippen LogP contribution >= 0.6 is 156 Å². The molecule has 3 rings (SSSR count). The van der Waals surface area contributed by atoms with E-state index >= 15 is 0 Å². The third-order valence-electron chi connectivity index (χ3n) is 9.11. The molecular weight excluding hydrogens is 1180 g/mol. The van der Waals surface area contributed by atoms with Crippen molar-refractivity contribution in [3.05, 3.63) is 105 Å². The molecule has 0 aliphatic heterocycles. The molecule has 26 heteroatoms. The second-order valence-corrected chi connectivity index (χ2v) is 28.4. The van der Waals surface area contributed by atoms with Crippen LogP contribution in [0.4, 0.5) is 0 Å². The molecule has 0 amide bonds. The average molecular weight is 1230 g/mol. The zero-order chi connectivity index (χ0) is 52.3. The van der Waals surface area contributed by atoms with E-state index in [0.29, 0.717) is 64.2 Å². The minimum atomic E-state index is -2.88. The van der Waals surface area contributed by atoms with E-state index in [0.717, 1.165) is 106 Å². The van der Waals surface area contributed by atoms with Crippen LogP contribution in [-0.4, -0.2) is 151 Å². The lowest BCUT2D eigenvalue weighted by atomic mass is 10.1. The number of hydrogen-bond acceptors (Lipinski definition) is 25. The van der Waals surface area contributed by atoms with Gasteiger partial charge in [0.2, 0.25) is 46.0 Å². The molecule has 0 saturated heterocycles. The van der Waals surface area contributed by atoms with Crippen LogP contribution in [0.1, 0.15) is 99.6 Å². The molecule has 0 radical (unpaired) electrons. The quantitative estimate of drug-likeness (QED) is 0.0281. The standard InChI is InChI=1S/C45H52O12S13Si/c1-55-71(56-2,57-3)18-4-9-62-37(46)28-19-33(42(51)67-14-16-69-44(53)35-23-29(38(47)63-10-5-58)21-30(24-35)39(48)64-11-6-59)27-34(20-28)43(52)68-15-17-70-45(54)36-25-31(40(49)65-12-7-60)22-32(26-36)41(50)66-13-8-61/h19-27,58-61H,4-18H2,1-3H3. The molecule has 0 aliphatic rings. The lowest BCUT2D eigenvalue weighted by Gasteiger charge is -2.24. The van der Waals surface area contributed by atoms with Gasteiger partial charge >= 0.3 is 8.80 Å². The number of thioether (sulfide) groups is 9. The van der Waals surface area contributed by atoms with E-state index < -0.39 is 29.3 Å². The zero-order valence-electron chi connectivity index (χ0n) is 38.7. The van der Waals surface area contributed by atoms with Crippen molar-refractivity contribution < 1.29 is 56.4 Å². The molecule has 0 saturated carbocycles. The second kappa shape index (κ2) is 35.6. The summed E-state index contributed by atoms with van der Waals surface area (Å²) < 4.78 is 16.4. The van der Waals surface area contributed by atoms with Crippen LogP contribution in [0.2, 0.25) is 6.04 Å². The van der Waals surface area contributed by atoms with Crippen molar-refractivity contribution in [1.29, 1.82) is 0 Å². The van der Waals surface area contributed by atoms with Crippen LogP contribution < -0.4 is 0 Å². The van der Waals surface area contributed by atoms with Gasteiger partial charge in [-0.3, -0.25) is 43.2 Å². The number of thiol groups is 4. The Balaban J connectivity index is 1.77. The zero-order valence-corrected chi connectivity index (χ0v) is 50.6. The van der Waals surface area contributed by atoms with E-state index in [1.165, 1.54) is 75.9 Å². The van der Waals surface area contributed by atoms with Gasteiger partial charge in [0.05, 0.1) is 0 Å². The lowest BCUT2D eigenvalue weighted by molar-refractivity contribution is 0.106. The van der Waals surface area contributed by atoms with Gasteiger partial charge in [-0.2, -0.15) is 50.5 Å². The Kier molecular flexibility index (Phi) is 32.4. The van der Waals surface area contributed by atoms with E-state index in [9.17, 15) is 43.2 Å². The first kappa shape index (κ1) is 64.6. The van der Waals surface area contributed by atoms with E-state index in [2.05, 4.69) is 50.5 Å². The lowest BCUT2D eigenvalue weighted by Crippen LogP contribution is -2.42. The summed E-state index contributed by atoms with van der Waals surface area (Å²) in [5.74, 6) is 4.76. The molecule has 0 heterocycles. The maximum Gasteiger partial charge on any atom is 0.500 e. The molecule has 386 valence electrons. The van der Waals surface area contributed by atoms with Crippen LogP contribution in [0.15, 0.2) is 54.6 Å². The smallest absolute Gasteiger partial charge is 0.377 e. The molecule has 71 heavy (non-hydrogen) atoms. The Morgan fingerprint density at radius 1 is 0.324 bits per heavy atom. The first-order valence-electron chi connectivity index (χ1n) is 21.2. The third-order valence-corrected chi connectivity index (χ3v) is 22.8. The fraction of sp³-hybridized carbons (Fsp3) is 0.400. The van der Waals surface area contributed by atoms with Gasteiger partial charge in [-0.15, -0.1) is 0 Å². The Hall–Kier alpha value is -0.663. The van der Waals surface area contributed by atoms with Crippen molar-refractivity contribution in [3.63, 3.8) is 0 Å². The Labute approximate surface area is 476 Å². The van der Waals surface area contributed by atoms with E-state index in [4.69, 9.17) is 13.3 Å². The minimum Gasteiger partial charge on any atom is -0.377 e. The van der Waals surface area contributed by atoms with Crippen molar-refractivity contribution in [2.75, 3.05) is 96.1 Å². The largest absolute Gasteiger partial charge is 0.500 e. The van der Waals surface area contributed by atoms with Crippen molar-refractivity contribution >= 4 is 211 Å². The molecule has 0 unspecified atom stereocenters. The van der Waals surface area contributed by atoms with Crippen molar-refractivity contribution in [2.24, 2.45) is 0 Å². The minimum absolute atomic E-state index is 0.0995. The Morgan fingerprint density at radius 3 is 0.662 bits per heavy atom. The van der Waals surface area contributed by atoms with E-state index in [1.807, 2.05) is 0 Å². The van der Waals surface area contributed by atoms with Crippen LogP contribution in [0.3, 0.4) is 0 Å². The van der Waals surface area contributed by atoms with E-state index in [-0.39, 0.29) is 98.7 Å². The van der Waals surface area contributed by atoms with Gasteiger partial charge in [-0.05, 0) is 84.0 Å². The predicted molar refractivity (Wildman–Crippen MR) is 322 cm³/mol. The molecule has 3 aromatic carbocycles. The van der Waals surface area contributed by atoms with Crippen molar-refractivity contribution in [2.45, 2.75) is 12.5 Å². The maximum absolute atomic E-state index is 13.7. The number of carbonyl (C=O) groups excluding carboxylic acids is 9. The molecule has 0 aliphatic carbocycles. The Morgan fingerprint density at radius 2 is 0.493 bits per heavy atom. The van der Waals surface area contributed by atoms with Gasteiger partial charge in [0.1, 0.15) is 0 Å². The topological polar surface area (TPSA) is 181 Å². The fourth-order valence-electron chi connectivity index (χ4n) is 5.79. The molecular formula is C45H52O12S13Si. The molecule has 0 spiro atoms. The highest BCUT2D eigenvalue weighted by Gasteiger charge is 2.37. The van der Waals surface area contributed by atoms with E-state index in [1.54, 1.807) is 0 Å². The predicted octanol–water partition coefficient (Wildman–Crippen LogP) is 10.9. The number of hydrogen-bond donors (Lipinski definition) is 4. The summed E-state index contributed by atoms with van der Waals surface area (Å²) in [7, 11) is 1.62. The first-order valence-corrected chi connectivity index (χ1v) is 34.5. The van der Waals surface area contributed by atoms with Crippen LogP contribution in [-0.2, 0) is 13.3 Å². The SMILES string of the molecule is CO[Si](CCCSC(=O)c1cc(C(=O)SCCSC(=O)c2cc(C(=O)SCCS)cc(C(=O)SCCS)c2)cc(C(=O)SCCSC(=O)c2cc(C(=O)SCCS)cc(C(=O)SCCS)c2)c1)(OC)OC. The summed E-state index contributed by atoms with van der Waals surface area (Å²) in [6, 6.07) is 13.5. The number of carbonyl (C=O) groups is 9. The van der Waals surface area contributed by atoms with Crippen molar-refractivity contribution in [1.82, 2.24) is 0 Å². The molecule has 0 N–H and O–H groups in total. The monoisotopic (exact) mass is 1230 g/mol. The molecule has 0 aromatic heterocycles. The molecule has 0 atom stereocenters. The van der Waals surface area contributed by atoms with Crippen LogP contribution in [0.25, 0.3) is 0 Å². The number of benzene rings is 3. The summed E-state index contributed by atoms with van der Waals surface area (Å²) in [6.07, 6.45) is 0.519. The maximum atomic E-state index is 13.7. The third kappa shape index (κ3) is 22.5. The Bertz CT molecular complexity index is 2150.